The zero-order chi connectivity index (χ0) is 21.1. The van der Waals surface area contributed by atoms with E-state index >= 15 is 0 Å². The van der Waals surface area contributed by atoms with Crippen molar-refractivity contribution in [2.24, 2.45) is 4.99 Å². The number of hydrogen-bond donors (Lipinski definition) is 0. The average Bonchev–Trinajstić information content (AvgIpc) is 3.27. The SMILES string of the molecule is CCOc1cc(C(=O)N(C)Cc2ccc(F)c3c2CN=C3)ccc1-c1ccccc1. The third-order valence-corrected chi connectivity index (χ3v) is 5.24. The van der Waals surface area contributed by atoms with Crippen LogP contribution in [0.25, 0.3) is 11.1 Å². The van der Waals surface area contributed by atoms with Crippen LogP contribution in [0.4, 0.5) is 4.39 Å². The number of benzene rings is 3. The van der Waals surface area contributed by atoms with E-state index < -0.39 is 0 Å². The van der Waals surface area contributed by atoms with E-state index in [0.717, 1.165) is 22.3 Å². The standard InChI is InChI=1S/C25H23FN2O2/c1-3-30-24-13-18(9-11-20(24)17-7-5-4-6-8-17)25(29)28(2)16-19-10-12-23(26)22-15-27-14-21(19)22/h4-13,15H,3,14,16H2,1-2H3. The minimum absolute atomic E-state index is 0.118. The quantitative estimate of drug-likeness (QED) is 0.576. The molecule has 0 N–H and O–H groups in total. The highest BCUT2D eigenvalue weighted by Gasteiger charge is 2.20. The number of ether oxygens (including phenoxy) is 1. The highest BCUT2D eigenvalue weighted by Crippen LogP contribution is 2.31. The number of rotatable bonds is 6. The normalized spacial score (nSPS) is 12.0. The molecule has 0 atom stereocenters. The molecule has 152 valence electrons. The summed E-state index contributed by atoms with van der Waals surface area (Å²) < 4.78 is 19.8. The van der Waals surface area contributed by atoms with E-state index in [9.17, 15) is 9.18 Å². The fourth-order valence-corrected chi connectivity index (χ4v) is 3.72. The summed E-state index contributed by atoms with van der Waals surface area (Å²) in [5.41, 5.74) is 4.82. The zero-order valence-electron chi connectivity index (χ0n) is 17.1. The number of fused-ring (bicyclic) bond motifs is 1. The fraction of sp³-hybridized carbons (Fsp3) is 0.200. The number of amides is 1. The summed E-state index contributed by atoms with van der Waals surface area (Å²) >= 11 is 0. The second-order valence-corrected chi connectivity index (χ2v) is 7.24. The summed E-state index contributed by atoms with van der Waals surface area (Å²) in [7, 11) is 1.75. The molecule has 3 aromatic carbocycles. The summed E-state index contributed by atoms with van der Waals surface area (Å²) in [5.74, 6) is 0.286. The number of aliphatic imine (C=N–C) groups is 1. The number of carbonyl (C=O) groups is 1. The first-order valence-electron chi connectivity index (χ1n) is 9.96. The molecule has 3 aromatic rings. The predicted octanol–water partition coefficient (Wildman–Crippen LogP) is 5.10. The van der Waals surface area contributed by atoms with Gasteiger partial charge in [-0.1, -0.05) is 36.4 Å². The van der Waals surface area contributed by atoms with Crippen LogP contribution < -0.4 is 4.74 Å². The molecule has 0 saturated heterocycles. The van der Waals surface area contributed by atoms with Crippen LogP contribution in [-0.2, 0) is 13.1 Å². The Bertz CT molecular complexity index is 1110. The maximum Gasteiger partial charge on any atom is 0.254 e. The van der Waals surface area contributed by atoms with Crippen molar-refractivity contribution in [3.8, 4) is 16.9 Å². The number of halogens is 1. The van der Waals surface area contributed by atoms with Gasteiger partial charge >= 0.3 is 0 Å². The topological polar surface area (TPSA) is 41.9 Å². The average molecular weight is 402 g/mol. The van der Waals surface area contributed by atoms with Crippen molar-refractivity contribution < 1.29 is 13.9 Å². The second-order valence-electron chi connectivity index (χ2n) is 7.24. The molecule has 1 amide bonds. The molecular weight excluding hydrogens is 379 g/mol. The molecule has 0 unspecified atom stereocenters. The first-order chi connectivity index (χ1) is 14.6. The lowest BCUT2D eigenvalue weighted by Gasteiger charge is -2.20. The molecule has 0 radical (unpaired) electrons. The number of nitrogens with zero attached hydrogens (tertiary/aromatic N) is 2. The van der Waals surface area contributed by atoms with Gasteiger partial charge in [0.15, 0.2) is 0 Å². The smallest absolute Gasteiger partial charge is 0.254 e. The van der Waals surface area contributed by atoms with Gasteiger partial charge in [-0.3, -0.25) is 9.79 Å². The maximum absolute atomic E-state index is 13.9. The van der Waals surface area contributed by atoms with Crippen LogP contribution >= 0.6 is 0 Å². The summed E-state index contributed by atoms with van der Waals surface area (Å²) in [5, 5.41) is 0. The van der Waals surface area contributed by atoms with Crippen molar-refractivity contribution in [3.05, 3.63) is 88.7 Å². The van der Waals surface area contributed by atoms with E-state index in [4.69, 9.17) is 4.74 Å². The molecule has 0 aromatic heterocycles. The molecule has 0 aliphatic carbocycles. The fourth-order valence-electron chi connectivity index (χ4n) is 3.72. The predicted molar refractivity (Wildman–Crippen MR) is 117 cm³/mol. The van der Waals surface area contributed by atoms with Crippen molar-refractivity contribution in [1.82, 2.24) is 4.90 Å². The molecule has 0 saturated carbocycles. The summed E-state index contributed by atoms with van der Waals surface area (Å²) in [4.78, 5) is 18.9. The van der Waals surface area contributed by atoms with E-state index in [0.29, 0.717) is 36.6 Å². The van der Waals surface area contributed by atoms with Crippen molar-refractivity contribution in [3.63, 3.8) is 0 Å². The van der Waals surface area contributed by atoms with E-state index in [-0.39, 0.29) is 11.7 Å². The lowest BCUT2D eigenvalue weighted by molar-refractivity contribution is 0.0784. The van der Waals surface area contributed by atoms with Crippen molar-refractivity contribution in [2.45, 2.75) is 20.0 Å². The van der Waals surface area contributed by atoms with Gasteiger partial charge in [-0.2, -0.15) is 0 Å². The minimum atomic E-state index is -0.276. The molecule has 4 nitrogen and oxygen atoms in total. The summed E-state index contributed by atoms with van der Waals surface area (Å²) in [6.45, 7) is 3.27. The van der Waals surface area contributed by atoms with E-state index in [1.807, 2.05) is 49.4 Å². The van der Waals surface area contributed by atoms with E-state index in [1.165, 1.54) is 6.07 Å². The molecule has 0 bridgehead atoms. The summed E-state index contributed by atoms with van der Waals surface area (Å²) in [6.07, 6.45) is 1.56. The third kappa shape index (κ3) is 3.83. The molecule has 0 fully saturated rings. The second kappa shape index (κ2) is 8.49. The Morgan fingerprint density at radius 3 is 2.70 bits per heavy atom. The zero-order valence-corrected chi connectivity index (χ0v) is 17.1. The molecular formula is C25H23FN2O2. The maximum atomic E-state index is 13.9. The van der Waals surface area contributed by atoms with Crippen LogP contribution in [0.1, 0.15) is 34.0 Å². The minimum Gasteiger partial charge on any atom is -0.493 e. The van der Waals surface area contributed by atoms with Gasteiger partial charge in [0.1, 0.15) is 11.6 Å². The lowest BCUT2D eigenvalue weighted by Crippen LogP contribution is -2.27. The van der Waals surface area contributed by atoms with Crippen LogP contribution in [0.15, 0.2) is 65.7 Å². The first-order valence-corrected chi connectivity index (χ1v) is 9.96. The van der Waals surface area contributed by atoms with Crippen molar-refractivity contribution >= 4 is 12.1 Å². The molecule has 0 spiro atoms. The van der Waals surface area contributed by atoms with Gasteiger partial charge in [0.05, 0.1) is 13.2 Å². The van der Waals surface area contributed by atoms with Gasteiger partial charge in [0.2, 0.25) is 0 Å². The Morgan fingerprint density at radius 1 is 1.13 bits per heavy atom. The summed E-state index contributed by atoms with van der Waals surface area (Å²) in [6, 6.07) is 18.7. The third-order valence-electron chi connectivity index (χ3n) is 5.24. The van der Waals surface area contributed by atoms with Gasteiger partial charge < -0.3 is 9.64 Å². The first kappa shape index (κ1) is 19.8. The molecule has 1 aliphatic rings. The largest absolute Gasteiger partial charge is 0.493 e. The van der Waals surface area contributed by atoms with Crippen LogP contribution in [0.5, 0.6) is 5.75 Å². The Balaban J connectivity index is 1.59. The monoisotopic (exact) mass is 402 g/mol. The Kier molecular flexibility index (Phi) is 5.61. The van der Waals surface area contributed by atoms with Gasteiger partial charge in [0, 0.05) is 36.5 Å². The Labute approximate surface area is 175 Å². The Hall–Kier alpha value is -3.47. The molecule has 1 aliphatic heterocycles. The lowest BCUT2D eigenvalue weighted by atomic mass is 10.0. The van der Waals surface area contributed by atoms with Crippen molar-refractivity contribution in [1.29, 1.82) is 0 Å². The van der Waals surface area contributed by atoms with Gasteiger partial charge in [-0.15, -0.1) is 0 Å². The van der Waals surface area contributed by atoms with Crippen LogP contribution in [-0.4, -0.2) is 30.7 Å². The van der Waals surface area contributed by atoms with Crippen LogP contribution in [0.3, 0.4) is 0 Å². The molecule has 30 heavy (non-hydrogen) atoms. The van der Waals surface area contributed by atoms with E-state index in [1.54, 1.807) is 30.3 Å². The van der Waals surface area contributed by atoms with E-state index in [2.05, 4.69) is 4.99 Å². The molecule has 5 heteroatoms. The molecule has 4 rings (SSSR count). The highest BCUT2D eigenvalue weighted by atomic mass is 19.1. The van der Waals surface area contributed by atoms with Gasteiger partial charge in [-0.05, 0) is 47.9 Å². The van der Waals surface area contributed by atoms with Crippen molar-refractivity contribution in [2.75, 3.05) is 13.7 Å². The van der Waals surface area contributed by atoms with Gasteiger partial charge in [-0.25, -0.2) is 4.39 Å². The van der Waals surface area contributed by atoms with Crippen LogP contribution in [0.2, 0.25) is 0 Å². The molecule has 1 heterocycles. The Morgan fingerprint density at radius 2 is 1.93 bits per heavy atom. The van der Waals surface area contributed by atoms with Crippen LogP contribution in [0, 0.1) is 5.82 Å². The number of hydrogen-bond acceptors (Lipinski definition) is 3. The highest BCUT2D eigenvalue weighted by molar-refractivity contribution is 5.95. The number of carbonyl (C=O) groups excluding carboxylic acids is 1. The van der Waals surface area contributed by atoms with Gasteiger partial charge in [0.25, 0.3) is 5.91 Å².